The van der Waals surface area contributed by atoms with Gasteiger partial charge < -0.3 is 15.2 Å². The molecule has 2 aromatic carbocycles. The Labute approximate surface area is 181 Å². The van der Waals surface area contributed by atoms with Crippen LogP contribution in [0.5, 0.6) is 5.75 Å². The van der Waals surface area contributed by atoms with Crippen LogP contribution in [0.4, 0.5) is 0 Å². The number of carbonyl (C=O) groups excluding carboxylic acids is 1. The number of nitrogens with one attached hydrogen (secondary N) is 1. The van der Waals surface area contributed by atoms with Gasteiger partial charge in [-0.2, -0.15) is 0 Å². The molecular weight excluding hydrogens is 394 g/mol. The molecule has 1 aliphatic heterocycles. The zero-order valence-corrected chi connectivity index (χ0v) is 17.8. The van der Waals surface area contributed by atoms with Crippen LogP contribution in [0.1, 0.15) is 41.4 Å². The van der Waals surface area contributed by atoms with Crippen molar-refractivity contribution in [1.29, 1.82) is 0 Å². The molecule has 2 heterocycles. The first-order valence-corrected chi connectivity index (χ1v) is 10.8. The first kappa shape index (κ1) is 21.3. The first-order valence-electron chi connectivity index (χ1n) is 10.8. The molecule has 31 heavy (non-hydrogen) atoms. The normalized spacial score (nSPS) is 17.0. The maximum absolute atomic E-state index is 12.2. The fourth-order valence-electron chi connectivity index (χ4n) is 4.21. The van der Waals surface area contributed by atoms with E-state index in [1.165, 1.54) is 10.9 Å². The molecule has 2 N–H and O–H groups in total. The zero-order chi connectivity index (χ0) is 21.6. The predicted molar refractivity (Wildman–Crippen MR) is 118 cm³/mol. The molecule has 8 heteroatoms. The Kier molecular flexibility index (Phi) is 6.79. The summed E-state index contributed by atoms with van der Waals surface area (Å²) in [5.74, 6) is 0.639. The number of hydrogen-bond acceptors (Lipinski definition) is 6. The lowest BCUT2D eigenvalue weighted by atomic mass is 10.0. The second kappa shape index (κ2) is 9.89. The van der Waals surface area contributed by atoms with Gasteiger partial charge in [0.15, 0.2) is 5.69 Å². The smallest absolute Gasteiger partial charge is 0.273 e. The molecule has 0 saturated carbocycles. The van der Waals surface area contributed by atoms with Gasteiger partial charge in [0, 0.05) is 31.6 Å². The molecule has 0 bridgehead atoms. The zero-order valence-electron chi connectivity index (χ0n) is 17.8. The maximum atomic E-state index is 12.2. The van der Waals surface area contributed by atoms with E-state index in [2.05, 4.69) is 44.8 Å². The lowest BCUT2D eigenvalue weighted by Gasteiger charge is -2.32. The molecule has 1 aliphatic rings. The van der Waals surface area contributed by atoms with Gasteiger partial charge in [0.05, 0.1) is 19.3 Å². The molecule has 1 aromatic heterocycles. The summed E-state index contributed by atoms with van der Waals surface area (Å²) in [6.45, 7) is 3.21. The van der Waals surface area contributed by atoms with Crippen molar-refractivity contribution >= 4 is 16.7 Å². The number of methoxy groups -OCH3 is 1. The number of aliphatic hydroxyl groups is 1. The summed E-state index contributed by atoms with van der Waals surface area (Å²) in [7, 11) is 1.70. The van der Waals surface area contributed by atoms with Gasteiger partial charge in [-0.15, -0.1) is 5.10 Å². The van der Waals surface area contributed by atoms with Gasteiger partial charge in [-0.25, -0.2) is 4.68 Å². The highest BCUT2D eigenvalue weighted by Crippen LogP contribution is 2.30. The molecule has 1 fully saturated rings. The Morgan fingerprint density at radius 1 is 1.26 bits per heavy atom. The average Bonchev–Trinajstić information content (AvgIpc) is 3.30. The second-order valence-electron chi connectivity index (χ2n) is 7.92. The van der Waals surface area contributed by atoms with E-state index in [1.807, 2.05) is 16.8 Å². The number of ether oxygens (including phenoxy) is 1. The van der Waals surface area contributed by atoms with E-state index >= 15 is 0 Å². The summed E-state index contributed by atoms with van der Waals surface area (Å²) in [5, 5.41) is 22.2. The third kappa shape index (κ3) is 4.86. The lowest BCUT2D eigenvalue weighted by molar-refractivity contribution is 0.0946. The minimum Gasteiger partial charge on any atom is -0.496 e. The van der Waals surface area contributed by atoms with Gasteiger partial charge in [-0.1, -0.05) is 35.5 Å². The summed E-state index contributed by atoms with van der Waals surface area (Å²) >= 11 is 0. The number of hydrogen-bond donors (Lipinski definition) is 2. The van der Waals surface area contributed by atoms with E-state index in [0.29, 0.717) is 18.7 Å². The molecule has 4 rings (SSSR count). The second-order valence-corrected chi connectivity index (χ2v) is 7.92. The largest absolute Gasteiger partial charge is 0.496 e. The topological polar surface area (TPSA) is 92.5 Å². The molecule has 0 spiro atoms. The number of rotatable bonds is 8. The van der Waals surface area contributed by atoms with Gasteiger partial charge in [0.1, 0.15) is 5.75 Å². The van der Waals surface area contributed by atoms with Crippen LogP contribution in [-0.2, 0) is 6.54 Å². The van der Waals surface area contributed by atoms with Crippen LogP contribution in [0.15, 0.2) is 42.6 Å². The minimum absolute atomic E-state index is 0.0500. The molecule has 1 saturated heterocycles. The fraction of sp³-hybridized carbons (Fsp3) is 0.435. The highest BCUT2D eigenvalue weighted by atomic mass is 16.5. The van der Waals surface area contributed by atoms with E-state index in [4.69, 9.17) is 9.84 Å². The van der Waals surface area contributed by atoms with Gasteiger partial charge >= 0.3 is 0 Å². The van der Waals surface area contributed by atoms with Gasteiger partial charge in [0.2, 0.25) is 0 Å². The van der Waals surface area contributed by atoms with E-state index in [9.17, 15) is 4.79 Å². The summed E-state index contributed by atoms with van der Waals surface area (Å²) in [6.07, 6.45) is 4.33. The predicted octanol–water partition coefficient (Wildman–Crippen LogP) is 2.39. The molecule has 0 radical (unpaired) electrons. The summed E-state index contributed by atoms with van der Waals surface area (Å²) in [6, 6.07) is 12.7. The van der Waals surface area contributed by atoms with Crippen molar-refractivity contribution in [3.8, 4) is 5.75 Å². The van der Waals surface area contributed by atoms with Gasteiger partial charge in [-0.05, 0) is 42.8 Å². The average molecular weight is 424 g/mol. The van der Waals surface area contributed by atoms with Crippen molar-refractivity contribution in [3.05, 3.63) is 53.9 Å². The highest BCUT2D eigenvalue weighted by Gasteiger charge is 2.24. The van der Waals surface area contributed by atoms with Crippen LogP contribution < -0.4 is 10.1 Å². The summed E-state index contributed by atoms with van der Waals surface area (Å²) < 4.78 is 7.34. The van der Waals surface area contributed by atoms with Crippen molar-refractivity contribution in [1.82, 2.24) is 25.2 Å². The van der Waals surface area contributed by atoms with Crippen LogP contribution in [0, 0.1) is 0 Å². The summed E-state index contributed by atoms with van der Waals surface area (Å²) in [5.41, 5.74) is 1.59. The molecule has 3 aromatic rings. The standard InChI is InChI=1S/C23H29N5O3/c1-31-22-10-9-17(19-7-2-3-8-20(19)22)14-27-12-4-6-18(15-27)28-16-21(25-26-28)23(30)24-11-5-13-29/h2-3,7-10,16,18,29H,4-6,11-15H2,1H3,(H,24,30)/t18-/m1/s1. The minimum atomic E-state index is -0.253. The number of aromatic nitrogens is 3. The molecule has 1 amide bonds. The maximum Gasteiger partial charge on any atom is 0.273 e. The van der Waals surface area contributed by atoms with E-state index in [-0.39, 0.29) is 18.6 Å². The monoisotopic (exact) mass is 423 g/mol. The Bertz CT molecular complexity index is 1030. The van der Waals surface area contributed by atoms with Gasteiger partial charge in [-0.3, -0.25) is 9.69 Å². The van der Waals surface area contributed by atoms with Crippen molar-refractivity contribution in [3.63, 3.8) is 0 Å². The van der Waals surface area contributed by atoms with Crippen LogP contribution in [0.3, 0.4) is 0 Å². The number of likely N-dealkylation sites (tertiary alicyclic amines) is 1. The Morgan fingerprint density at radius 2 is 2.10 bits per heavy atom. The van der Waals surface area contributed by atoms with Crippen LogP contribution >= 0.6 is 0 Å². The van der Waals surface area contributed by atoms with E-state index < -0.39 is 0 Å². The van der Waals surface area contributed by atoms with Crippen molar-refractivity contribution in [2.75, 3.05) is 33.4 Å². The number of piperidine rings is 1. The van der Waals surface area contributed by atoms with Crippen molar-refractivity contribution in [2.24, 2.45) is 0 Å². The number of fused-ring (bicyclic) bond motifs is 1. The SMILES string of the molecule is COc1ccc(CN2CCC[C@@H](n3cc(C(=O)NCCCO)nn3)C2)c2ccccc12. The van der Waals surface area contributed by atoms with Crippen molar-refractivity contribution < 1.29 is 14.6 Å². The Balaban J connectivity index is 1.44. The first-order chi connectivity index (χ1) is 15.2. The summed E-state index contributed by atoms with van der Waals surface area (Å²) in [4.78, 5) is 14.6. The van der Waals surface area contributed by atoms with E-state index in [0.717, 1.165) is 43.6 Å². The van der Waals surface area contributed by atoms with Crippen molar-refractivity contribution in [2.45, 2.75) is 31.8 Å². The number of nitrogens with zero attached hydrogens (tertiary/aromatic N) is 4. The molecule has 8 nitrogen and oxygen atoms in total. The molecule has 0 unspecified atom stereocenters. The van der Waals surface area contributed by atoms with Crippen LogP contribution in [0.25, 0.3) is 10.8 Å². The highest BCUT2D eigenvalue weighted by molar-refractivity contribution is 5.92. The van der Waals surface area contributed by atoms with E-state index in [1.54, 1.807) is 13.3 Å². The molecule has 1 atom stereocenters. The number of carbonyl (C=O) groups is 1. The lowest BCUT2D eigenvalue weighted by Crippen LogP contribution is -2.36. The van der Waals surface area contributed by atoms with Crippen LogP contribution in [0.2, 0.25) is 0 Å². The fourth-order valence-corrected chi connectivity index (χ4v) is 4.21. The quantitative estimate of drug-likeness (QED) is 0.541. The molecule has 0 aliphatic carbocycles. The third-order valence-electron chi connectivity index (χ3n) is 5.81. The van der Waals surface area contributed by atoms with Crippen LogP contribution in [-0.4, -0.2) is 64.3 Å². The number of benzene rings is 2. The Hall–Kier alpha value is -2.97. The third-order valence-corrected chi connectivity index (χ3v) is 5.81. The molecule has 164 valence electrons. The molecular formula is C23H29N5O3. The Morgan fingerprint density at radius 3 is 2.90 bits per heavy atom. The number of aliphatic hydroxyl groups excluding tert-OH is 1. The van der Waals surface area contributed by atoms with Gasteiger partial charge in [0.25, 0.3) is 5.91 Å². The number of amides is 1.